The summed E-state index contributed by atoms with van der Waals surface area (Å²) in [6.07, 6.45) is 3.77. The molecule has 2 amide bonds. The Morgan fingerprint density at radius 2 is 1.76 bits per heavy atom. The summed E-state index contributed by atoms with van der Waals surface area (Å²) in [5.74, 6) is 0. The molecule has 3 saturated heterocycles. The second kappa shape index (κ2) is 8.13. The molecule has 29 heavy (non-hydrogen) atoms. The number of ether oxygens (including phenoxy) is 1. The Hall–Kier alpha value is -2.44. The van der Waals surface area contributed by atoms with Crippen molar-refractivity contribution in [3.05, 3.63) is 54.2 Å². The first kappa shape index (κ1) is 18.6. The third-order valence-corrected chi connectivity index (χ3v) is 6.42. The third kappa shape index (κ3) is 3.87. The van der Waals surface area contributed by atoms with Crippen LogP contribution < -0.4 is 0 Å². The van der Waals surface area contributed by atoms with E-state index < -0.39 is 0 Å². The molecule has 1 aromatic heterocycles. The minimum absolute atomic E-state index is 0.237. The fourth-order valence-electron chi connectivity index (χ4n) is 4.82. The fourth-order valence-corrected chi connectivity index (χ4v) is 4.82. The van der Waals surface area contributed by atoms with Crippen LogP contribution in [0.4, 0.5) is 4.79 Å². The number of benzene rings is 1. The number of carbonyl (C=O) groups excluding carboxylic acids is 1. The van der Waals surface area contributed by atoms with Crippen LogP contribution in [-0.4, -0.2) is 77.2 Å². The lowest BCUT2D eigenvalue weighted by Gasteiger charge is -2.36. The van der Waals surface area contributed by atoms with E-state index in [2.05, 4.69) is 43.9 Å². The van der Waals surface area contributed by atoms with E-state index in [1.54, 1.807) is 0 Å². The van der Waals surface area contributed by atoms with Gasteiger partial charge in [0.15, 0.2) is 0 Å². The van der Waals surface area contributed by atoms with Crippen LogP contribution in [0.5, 0.6) is 0 Å². The lowest BCUT2D eigenvalue weighted by molar-refractivity contribution is 0.0504. The number of amides is 2. The first-order valence-electron chi connectivity index (χ1n) is 10.7. The number of aromatic nitrogens is 1. The van der Waals surface area contributed by atoms with Crippen molar-refractivity contribution in [3.8, 4) is 11.3 Å². The average molecular weight is 393 g/mol. The second-order valence-corrected chi connectivity index (χ2v) is 8.27. The monoisotopic (exact) mass is 392 g/mol. The van der Waals surface area contributed by atoms with Gasteiger partial charge in [-0.3, -0.25) is 9.88 Å². The predicted molar refractivity (Wildman–Crippen MR) is 111 cm³/mol. The topological polar surface area (TPSA) is 48.9 Å². The van der Waals surface area contributed by atoms with Gasteiger partial charge in [0.2, 0.25) is 0 Å². The molecule has 0 aliphatic carbocycles. The zero-order valence-electron chi connectivity index (χ0n) is 16.7. The maximum Gasteiger partial charge on any atom is 0.320 e. The third-order valence-electron chi connectivity index (χ3n) is 6.42. The maximum absolute atomic E-state index is 12.9. The van der Waals surface area contributed by atoms with Crippen LogP contribution in [0.3, 0.4) is 0 Å². The van der Waals surface area contributed by atoms with Crippen molar-refractivity contribution in [2.75, 3.05) is 39.4 Å². The highest BCUT2D eigenvalue weighted by Gasteiger charge is 2.43. The molecule has 1 atom stereocenters. The quantitative estimate of drug-likeness (QED) is 0.803. The highest BCUT2D eigenvalue weighted by atomic mass is 16.5. The van der Waals surface area contributed by atoms with Gasteiger partial charge >= 0.3 is 6.03 Å². The van der Waals surface area contributed by atoms with Crippen LogP contribution in [0.1, 0.15) is 18.4 Å². The van der Waals surface area contributed by atoms with Crippen molar-refractivity contribution in [2.24, 2.45) is 0 Å². The molecule has 152 valence electrons. The lowest BCUT2D eigenvalue weighted by Crippen LogP contribution is -2.51. The van der Waals surface area contributed by atoms with E-state index in [1.807, 2.05) is 24.4 Å². The Morgan fingerprint density at radius 1 is 0.931 bits per heavy atom. The molecule has 0 N–H and O–H groups in total. The number of carbonyl (C=O) groups is 1. The van der Waals surface area contributed by atoms with Crippen LogP contribution in [0, 0.1) is 0 Å². The maximum atomic E-state index is 12.9. The molecule has 5 rings (SSSR count). The molecular formula is C23H28N4O2. The van der Waals surface area contributed by atoms with E-state index in [1.165, 1.54) is 5.56 Å². The van der Waals surface area contributed by atoms with Gasteiger partial charge in [-0.25, -0.2) is 4.79 Å². The van der Waals surface area contributed by atoms with Gasteiger partial charge in [-0.2, -0.15) is 0 Å². The first-order chi connectivity index (χ1) is 14.3. The van der Waals surface area contributed by atoms with Gasteiger partial charge in [0.1, 0.15) is 0 Å². The van der Waals surface area contributed by atoms with Crippen LogP contribution in [0.15, 0.2) is 48.7 Å². The lowest BCUT2D eigenvalue weighted by atomic mass is 10.1. The molecule has 0 radical (unpaired) electrons. The van der Waals surface area contributed by atoms with Crippen molar-refractivity contribution < 1.29 is 9.53 Å². The molecule has 6 heteroatoms. The molecule has 1 aromatic carbocycles. The molecule has 3 aliphatic rings. The van der Waals surface area contributed by atoms with Crippen molar-refractivity contribution in [1.82, 2.24) is 19.7 Å². The second-order valence-electron chi connectivity index (χ2n) is 8.27. The molecular weight excluding hydrogens is 364 g/mol. The number of fused-ring (bicyclic) bond motifs is 1. The number of pyridine rings is 1. The van der Waals surface area contributed by atoms with E-state index in [4.69, 9.17) is 4.74 Å². The van der Waals surface area contributed by atoms with Crippen LogP contribution in [-0.2, 0) is 11.3 Å². The van der Waals surface area contributed by atoms with Gasteiger partial charge in [0.25, 0.3) is 0 Å². The van der Waals surface area contributed by atoms with Crippen molar-refractivity contribution >= 4 is 6.03 Å². The van der Waals surface area contributed by atoms with Crippen molar-refractivity contribution in [1.29, 1.82) is 0 Å². The molecule has 0 spiro atoms. The standard InChI is InChI=1S/C23H28N4O2/c28-23-26-12-11-25(16-21(26)17-27(23)20-8-13-29-14-9-20)15-18-4-6-19(7-5-18)22-3-1-2-10-24-22/h1-7,10,20-21H,8-9,11-17H2/t21-/m1/s1. The van der Waals surface area contributed by atoms with E-state index in [-0.39, 0.29) is 6.03 Å². The summed E-state index contributed by atoms with van der Waals surface area (Å²) in [4.78, 5) is 24.0. The molecule has 0 saturated carbocycles. The van der Waals surface area contributed by atoms with Crippen LogP contribution in [0.2, 0.25) is 0 Å². The highest BCUT2D eigenvalue weighted by molar-refractivity contribution is 5.77. The van der Waals surface area contributed by atoms with E-state index in [9.17, 15) is 4.79 Å². The zero-order chi connectivity index (χ0) is 19.6. The number of rotatable bonds is 4. The molecule has 4 heterocycles. The number of urea groups is 1. The SMILES string of the molecule is O=C1N(C2CCOCC2)C[C@H]2CN(Cc3ccc(-c4ccccn4)cc3)CCN12. The summed E-state index contributed by atoms with van der Waals surface area (Å²) in [5, 5.41) is 0. The van der Waals surface area contributed by atoms with Gasteiger partial charge in [-0.05, 0) is 30.5 Å². The number of nitrogens with zero attached hydrogens (tertiary/aromatic N) is 4. The Morgan fingerprint density at radius 3 is 2.52 bits per heavy atom. The van der Waals surface area contributed by atoms with Gasteiger partial charge in [0.05, 0.1) is 11.7 Å². The summed E-state index contributed by atoms with van der Waals surface area (Å²) in [6.45, 7) is 6.06. The fraction of sp³-hybridized carbons (Fsp3) is 0.478. The Labute approximate surface area is 172 Å². The van der Waals surface area contributed by atoms with E-state index in [0.29, 0.717) is 12.1 Å². The Balaban J connectivity index is 1.20. The number of piperazine rings is 1. The van der Waals surface area contributed by atoms with Crippen molar-refractivity contribution in [3.63, 3.8) is 0 Å². The molecule has 0 unspecified atom stereocenters. The smallest absolute Gasteiger partial charge is 0.320 e. The molecule has 0 bridgehead atoms. The van der Waals surface area contributed by atoms with Crippen LogP contribution in [0.25, 0.3) is 11.3 Å². The Bertz CT molecular complexity index is 836. The number of hydrogen-bond acceptors (Lipinski definition) is 4. The minimum atomic E-state index is 0.237. The van der Waals surface area contributed by atoms with Crippen molar-refractivity contribution in [2.45, 2.75) is 31.5 Å². The van der Waals surface area contributed by atoms with Crippen LogP contribution >= 0.6 is 0 Å². The summed E-state index contributed by atoms with van der Waals surface area (Å²) in [6, 6.07) is 15.6. The van der Waals surface area contributed by atoms with E-state index >= 15 is 0 Å². The predicted octanol–water partition coefficient (Wildman–Crippen LogP) is 2.85. The largest absolute Gasteiger partial charge is 0.381 e. The molecule has 6 nitrogen and oxygen atoms in total. The molecule has 2 aromatic rings. The Kier molecular flexibility index (Phi) is 5.21. The molecule has 3 aliphatic heterocycles. The summed E-state index contributed by atoms with van der Waals surface area (Å²) >= 11 is 0. The van der Waals surface area contributed by atoms with Gasteiger partial charge in [-0.15, -0.1) is 0 Å². The highest BCUT2D eigenvalue weighted by Crippen LogP contribution is 2.27. The normalized spacial score (nSPS) is 23.4. The van der Waals surface area contributed by atoms with Gasteiger partial charge in [-0.1, -0.05) is 30.3 Å². The van der Waals surface area contributed by atoms with Gasteiger partial charge in [0, 0.05) is 63.7 Å². The summed E-state index contributed by atoms with van der Waals surface area (Å²) < 4.78 is 5.47. The minimum Gasteiger partial charge on any atom is -0.381 e. The summed E-state index contributed by atoms with van der Waals surface area (Å²) in [5.41, 5.74) is 3.46. The van der Waals surface area contributed by atoms with Gasteiger partial charge < -0.3 is 14.5 Å². The molecule has 3 fully saturated rings. The average Bonchev–Trinajstić information content (AvgIpc) is 3.11. The summed E-state index contributed by atoms with van der Waals surface area (Å²) in [7, 11) is 0. The zero-order valence-corrected chi connectivity index (χ0v) is 16.7. The number of hydrogen-bond donors (Lipinski definition) is 0. The van der Waals surface area contributed by atoms with E-state index in [0.717, 1.165) is 70.0 Å². The first-order valence-corrected chi connectivity index (χ1v) is 10.7.